The largest absolute Gasteiger partial charge is 0.473 e. The number of sulfonamides is 1. The number of anilines is 1. The summed E-state index contributed by atoms with van der Waals surface area (Å²) < 4.78 is 44.9. The monoisotopic (exact) mass is 524 g/mol. The van der Waals surface area contributed by atoms with E-state index in [0.29, 0.717) is 23.2 Å². The molecule has 1 N–H and O–H groups in total. The van der Waals surface area contributed by atoms with Gasteiger partial charge in [-0.25, -0.2) is 9.71 Å². The van der Waals surface area contributed by atoms with Crippen LogP contribution in [0.4, 0.5) is 5.82 Å². The van der Waals surface area contributed by atoms with E-state index in [2.05, 4.69) is 40.4 Å². The second-order valence-electron chi connectivity index (χ2n) is 9.80. The first-order chi connectivity index (χ1) is 17.6. The van der Waals surface area contributed by atoms with Gasteiger partial charge in [-0.2, -0.15) is 13.4 Å². The number of pyridine rings is 2. The summed E-state index contributed by atoms with van der Waals surface area (Å²) in [5.41, 5.74) is 0.702. The van der Waals surface area contributed by atoms with Crippen LogP contribution in [-0.4, -0.2) is 43.2 Å². The number of fused-ring (bicyclic) bond motifs is 1. The molecule has 1 saturated heterocycles. The van der Waals surface area contributed by atoms with Gasteiger partial charge in [0.2, 0.25) is 12.7 Å². The van der Waals surface area contributed by atoms with E-state index in [4.69, 9.17) is 14.2 Å². The minimum Gasteiger partial charge on any atom is -0.473 e. The molecule has 11 heteroatoms. The molecule has 4 heterocycles. The first kappa shape index (κ1) is 24.8. The Morgan fingerprint density at radius 3 is 2.76 bits per heavy atom. The minimum atomic E-state index is -4.28. The highest BCUT2D eigenvalue weighted by atomic mass is 32.2. The van der Waals surface area contributed by atoms with Gasteiger partial charge in [0.05, 0.1) is 5.56 Å². The number of amides is 1. The van der Waals surface area contributed by atoms with E-state index in [0.717, 1.165) is 18.5 Å². The lowest BCUT2D eigenvalue weighted by Crippen LogP contribution is -2.41. The molecule has 0 aliphatic carbocycles. The quantitative estimate of drug-likeness (QED) is 0.495. The predicted octanol–water partition coefficient (Wildman–Crippen LogP) is 3.53. The Morgan fingerprint density at radius 2 is 1.97 bits per heavy atom. The van der Waals surface area contributed by atoms with Gasteiger partial charge in [-0.05, 0) is 50.5 Å². The van der Waals surface area contributed by atoms with Gasteiger partial charge < -0.3 is 19.1 Å². The summed E-state index contributed by atoms with van der Waals surface area (Å²) in [5, 5.41) is -0.336. The standard InChI is InChI=1S/C26H28N4O6S/c1-17-13-26(2,3)30(14-17)24-19(8-6-12-27-24)25(31)29-37(32,33)22-11-5-10-21(28-22)34-15-18-7-4-9-20-23(18)36-16-35-20/h4-12,17H,13-16H2,1-3H3,(H,29,31). The van der Waals surface area contributed by atoms with Gasteiger partial charge in [0.1, 0.15) is 12.4 Å². The average Bonchev–Trinajstić information content (AvgIpc) is 3.45. The van der Waals surface area contributed by atoms with Gasteiger partial charge in [0, 0.05) is 29.9 Å². The third-order valence-electron chi connectivity index (χ3n) is 6.41. The summed E-state index contributed by atoms with van der Waals surface area (Å²) in [6.45, 7) is 7.26. The van der Waals surface area contributed by atoms with Crippen LogP contribution in [0.15, 0.2) is 59.8 Å². The summed E-state index contributed by atoms with van der Waals surface area (Å²) >= 11 is 0. The van der Waals surface area contributed by atoms with Crippen LogP contribution in [0.2, 0.25) is 0 Å². The molecule has 1 unspecified atom stereocenters. The van der Waals surface area contributed by atoms with Crippen molar-refractivity contribution in [3.05, 3.63) is 65.9 Å². The van der Waals surface area contributed by atoms with Gasteiger partial charge in [0.25, 0.3) is 15.9 Å². The van der Waals surface area contributed by atoms with Crippen molar-refractivity contribution in [2.24, 2.45) is 5.92 Å². The van der Waals surface area contributed by atoms with E-state index < -0.39 is 15.9 Å². The van der Waals surface area contributed by atoms with Crippen LogP contribution >= 0.6 is 0 Å². The van der Waals surface area contributed by atoms with Crippen LogP contribution in [0.3, 0.4) is 0 Å². The summed E-state index contributed by atoms with van der Waals surface area (Å²) in [5.74, 6) is 1.39. The van der Waals surface area contributed by atoms with Crippen molar-refractivity contribution in [1.29, 1.82) is 0 Å². The molecule has 0 radical (unpaired) electrons. The maximum absolute atomic E-state index is 13.2. The van der Waals surface area contributed by atoms with Crippen molar-refractivity contribution in [2.45, 2.75) is 44.4 Å². The Bertz CT molecular complexity index is 1440. The van der Waals surface area contributed by atoms with Crippen molar-refractivity contribution in [3.63, 3.8) is 0 Å². The van der Waals surface area contributed by atoms with Crippen LogP contribution in [0.5, 0.6) is 17.4 Å². The number of nitrogens with one attached hydrogen (secondary N) is 1. The van der Waals surface area contributed by atoms with Gasteiger partial charge >= 0.3 is 0 Å². The fraction of sp³-hybridized carbons (Fsp3) is 0.346. The Balaban J connectivity index is 1.33. The molecule has 10 nitrogen and oxygen atoms in total. The molecule has 1 fully saturated rings. The molecule has 0 saturated carbocycles. The summed E-state index contributed by atoms with van der Waals surface area (Å²) in [6.07, 6.45) is 2.53. The number of hydrogen-bond acceptors (Lipinski definition) is 9. The maximum atomic E-state index is 13.2. The summed E-state index contributed by atoms with van der Waals surface area (Å²) in [4.78, 5) is 23.8. The minimum absolute atomic E-state index is 0.0849. The molecular weight excluding hydrogens is 496 g/mol. The second-order valence-corrected chi connectivity index (χ2v) is 11.4. The molecule has 2 aromatic heterocycles. The van der Waals surface area contributed by atoms with Crippen molar-refractivity contribution in [1.82, 2.24) is 14.7 Å². The zero-order valence-electron chi connectivity index (χ0n) is 20.8. The molecule has 1 amide bonds. The predicted molar refractivity (Wildman–Crippen MR) is 135 cm³/mol. The number of aromatic nitrogens is 2. The Hall–Kier alpha value is -3.86. The molecule has 0 spiro atoms. The van der Waals surface area contributed by atoms with Crippen LogP contribution in [-0.2, 0) is 16.6 Å². The zero-order chi connectivity index (χ0) is 26.2. The molecule has 0 bridgehead atoms. The third kappa shape index (κ3) is 5.04. The van der Waals surface area contributed by atoms with Crippen LogP contribution < -0.4 is 23.8 Å². The topological polar surface area (TPSA) is 120 Å². The number of benzene rings is 1. The van der Waals surface area contributed by atoms with Gasteiger partial charge in [-0.3, -0.25) is 4.79 Å². The molecule has 194 valence electrons. The number of nitrogens with zero attached hydrogens (tertiary/aromatic N) is 3. The zero-order valence-corrected chi connectivity index (χ0v) is 21.6. The highest BCUT2D eigenvalue weighted by Gasteiger charge is 2.39. The lowest BCUT2D eigenvalue weighted by Gasteiger charge is -2.33. The second kappa shape index (κ2) is 9.55. The third-order valence-corrected chi connectivity index (χ3v) is 7.65. The number of ether oxygens (including phenoxy) is 3. The van der Waals surface area contributed by atoms with Gasteiger partial charge in [0.15, 0.2) is 16.5 Å². The highest BCUT2D eigenvalue weighted by Crippen LogP contribution is 2.37. The average molecular weight is 525 g/mol. The molecule has 3 aromatic rings. The first-order valence-electron chi connectivity index (χ1n) is 11.9. The number of hydrogen-bond donors (Lipinski definition) is 1. The van der Waals surface area contributed by atoms with Crippen LogP contribution in [0, 0.1) is 5.92 Å². The molecule has 37 heavy (non-hydrogen) atoms. The van der Waals surface area contributed by atoms with E-state index >= 15 is 0 Å². The Morgan fingerprint density at radius 1 is 1.16 bits per heavy atom. The van der Waals surface area contributed by atoms with Crippen molar-refractivity contribution >= 4 is 21.7 Å². The van der Waals surface area contributed by atoms with Crippen molar-refractivity contribution in [3.8, 4) is 17.4 Å². The van der Waals surface area contributed by atoms with Crippen molar-refractivity contribution in [2.75, 3.05) is 18.2 Å². The number of para-hydroxylation sites is 1. The van der Waals surface area contributed by atoms with Gasteiger partial charge in [-0.1, -0.05) is 25.1 Å². The fourth-order valence-corrected chi connectivity index (χ4v) is 5.79. The van der Waals surface area contributed by atoms with Crippen molar-refractivity contribution < 1.29 is 27.4 Å². The van der Waals surface area contributed by atoms with E-state index in [1.165, 1.54) is 18.2 Å². The fourth-order valence-electron chi connectivity index (χ4n) is 4.86. The normalized spacial score (nSPS) is 18.0. The van der Waals surface area contributed by atoms with E-state index in [-0.39, 0.29) is 35.4 Å². The lowest BCUT2D eigenvalue weighted by molar-refractivity contribution is 0.0981. The Kier molecular flexibility index (Phi) is 6.40. The highest BCUT2D eigenvalue weighted by molar-refractivity contribution is 7.90. The maximum Gasteiger partial charge on any atom is 0.281 e. The molecule has 2 aliphatic rings. The smallest absolute Gasteiger partial charge is 0.281 e. The van der Waals surface area contributed by atoms with E-state index in [9.17, 15) is 13.2 Å². The molecule has 1 aromatic carbocycles. The van der Waals surface area contributed by atoms with E-state index in [1.54, 1.807) is 24.4 Å². The summed E-state index contributed by atoms with van der Waals surface area (Å²) in [6, 6.07) is 12.9. The molecule has 1 atom stereocenters. The van der Waals surface area contributed by atoms with Gasteiger partial charge in [-0.15, -0.1) is 0 Å². The van der Waals surface area contributed by atoms with Crippen LogP contribution in [0.1, 0.15) is 43.1 Å². The molecule has 5 rings (SSSR count). The van der Waals surface area contributed by atoms with Crippen LogP contribution in [0.25, 0.3) is 0 Å². The SMILES string of the molecule is CC1CN(c2ncccc2C(=O)NS(=O)(=O)c2cccc(OCc3cccc4c3OCO4)n2)C(C)(C)C1. The summed E-state index contributed by atoms with van der Waals surface area (Å²) in [7, 11) is -4.28. The molecular formula is C26H28N4O6S. The lowest BCUT2D eigenvalue weighted by atomic mass is 9.97. The Labute approximate surface area is 215 Å². The number of rotatable bonds is 7. The van der Waals surface area contributed by atoms with E-state index in [1.807, 2.05) is 12.1 Å². The molecule has 2 aliphatic heterocycles. The first-order valence-corrected chi connectivity index (χ1v) is 13.4. The number of carbonyl (C=O) groups is 1. The number of carbonyl (C=O) groups excluding carboxylic acids is 1.